The summed E-state index contributed by atoms with van der Waals surface area (Å²) in [5.74, 6) is -0.641. The molecule has 1 aromatic carbocycles. The van der Waals surface area contributed by atoms with Crippen LogP contribution in [0.15, 0.2) is 12.1 Å². The standard InChI is InChI=1S/C28H41N3O8/c1-3-4-9-29(11-6-13-32)25(34)17-31-16-20(19-14-22(37-2)27-23(15-19)38-18-39-27)26(28(35)36)21(31)8-12-30-10-5-7-24(30)33/h14-15,20-21,26,32H,3-13,16-18H2,1-2H3,(H,35,36). The molecule has 0 radical (unpaired) electrons. The third-order valence-electron chi connectivity index (χ3n) is 8.07. The van der Waals surface area contributed by atoms with E-state index in [0.717, 1.165) is 24.8 Å². The number of aliphatic hydroxyl groups excluding tert-OH is 1. The lowest BCUT2D eigenvalue weighted by atomic mass is 9.84. The molecule has 3 atom stereocenters. The number of likely N-dealkylation sites (tertiary alicyclic amines) is 2. The van der Waals surface area contributed by atoms with Gasteiger partial charge in [-0.1, -0.05) is 13.3 Å². The number of carbonyl (C=O) groups is 3. The Morgan fingerprint density at radius 1 is 1.21 bits per heavy atom. The molecule has 1 aromatic rings. The number of ether oxygens (including phenoxy) is 3. The number of amides is 2. The molecule has 4 rings (SSSR count). The van der Waals surface area contributed by atoms with Gasteiger partial charge in [-0.15, -0.1) is 0 Å². The molecule has 39 heavy (non-hydrogen) atoms. The van der Waals surface area contributed by atoms with Crippen molar-refractivity contribution in [2.75, 3.05) is 59.8 Å². The van der Waals surface area contributed by atoms with E-state index in [1.807, 2.05) is 11.0 Å². The number of methoxy groups -OCH3 is 1. The molecule has 0 bridgehead atoms. The van der Waals surface area contributed by atoms with Gasteiger partial charge in [0, 0.05) is 57.7 Å². The maximum absolute atomic E-state index is 13.5. The van der Waals surface area contributed by atoms with Crippen molar-refractivity contribution in [2.24, 2.45) is 5.92 Å². The van der Waals surface area contributed by atoms with Gasteiger partial charge in [-0.3, -0.25) is 19.3 Å². The first kappa shape index (κ1) is 28.9. The summed E-state index contributed by atoms with van der Waals surface area (Å²) in [5, 5.41) is 19.8. The molecular weight excluding hydrogens is 506 g/mol. The van der Waals surface area contributed by atoms with E-state index < -0.39 is 23.8 Å². The fourth-order valence-corrected chi connectivity index (χ4v) is 6.03. The molecule has 2 fully saturated rings. The highest BCUT2D eigenvalue weighted by molar-refractivity contribution is 5.79. The van der Waals surface area contributed by atoms with Gasteiger partial charge in [0.15, 0.2) is 11.5 Å². The summed E-state index contributed by atoms with van der Waals surface area (Å²) in [6.07, 6.45) is 4.08. The van der Waals surface area contributed by atoms with Gasteiger partial charge in [-0.05, 0) is 43.4 Å². The van der Waals surface area contributed by atoms with Crippen molar-refractivity contribution >= 4 is 17.8 Å². The van der Waals surface area contributed by atoms with Gasteiger partial charge in [0.1, 0.15) is 0 Å². The van der Waals surface area contributed by atoms with Crippen LogP contribution in [0.3, 0.4) is 0 Å². The second-order valence-corrected chi connectivity index (χ2v) is 10.5. The van der Waals surface area contributed by atoms with Crippen molar-refractivity contribution in [2.45, 2.75) is 57.4 Å². The van der Waals surface area contributed by atoms with Gasteiger partial charge in [0.05, 0.1) is 19.6 Å². The monoisotopic (exact) mass is 547 g/mol. The van der Waals surface area contributed by atoms with Crippen molar-refractivity contribution < 1.29 is 38.8 Å². The fourth-order valence-electron chi connectivity index (χ4n) is 6.03. The highest BCUT2D eigenvalue weighted by atomic mass is 16.7. The van der Waals surface area contributed by atoms with E-state index in [4.69, 9.17) is 14.2 Å². The summed E-state index contributed by atoms with van der Waals surface area (Å²) < 4.78 is 16.6. The van der Waals surface area contributed by atoms with Crippen molar-refractivity contribution in [3.05, 3.63) is 17.7 Å². The fraction of sp³-hybridized carbons (Fsp3) is 0.679. The van der Waals surface area contributed by atoms with Gasteiger partial charge in [0.2, 0.25) is 24.4 Å². The summed E-state index contributed by atoms with van der Waals surface area (Å²) >= 11 is 0. The minimum absolute atomic E-state index is 0.00121. The van der Waals surface area contributed by atoms with Crippen LogP contribution < -0.4 is 14.2 Å². The molecule has 3 aliphatic heterocycles. The first-order valence-electron chi connectivity index (χ1n) is 14.0. The second kappa shape index (κ2) is 13.3. The molecule has 2 amide bonds. The Balaban J connectivity index is 1.62. The Morgan fingerprint density at radius 2 is 2.00 bits per heavy atom. The number of rotatable bonds is 14. The average molecular weight is 548 g/mol. The molecule has 0 spiro atoms. The number of hydrogen-bond acceptors (Lipinski definition) is 8. The largest absolute Gasteiger partial charge is 0.493 e. The van der Waals surface area contributed by atoms with Gasteiger partial charge in [-0.25, -0.2) is 0 Å². The Kier molecular flexibility index (Phi) is 9.90. The van der Waals surface area contributed by atoms with Crippen LogP contribution in [-0.4, -0.2) is 109 Å². The van der Waals surface area contributed by atoms with E-state index in [1.54, 1.807) is 15.9 Å². The Hall–Kier alpha value is -3.05. The zero-order chi connectivity index (χ0) is 27.9. The van der Waals surface area contributed by atoms with E-state index in [1.165, 1.54) is 7.11 Å². The minimum Gasteiger partial charge on any atom is -0.493 e. The summed E-state index contributed by atoms with van der Waals surface area (Å²) in [4.78, 5) is 44.1. The highest BCUT2D eigenvalue weighted by Gasteiger charge is 2.48. The third kappa shape index (κ3) is 6.58. The van der Waals surface area contributed by atoms with Crippen LogP contribution in [0.4, 0.5) is 0 Å². The van der Waals surface area contributed by atoms with Crippen LogP contribution >= 0.6 is 0 Å². The SMILES string of the molecule is CCCCN(CCCO)C(=O)CN1CC(c2cc(OC)c3c(c2)OCO3)C(C(=O)O)C1CCN1CCCC1=O. The molecule has 216 valence electrons. The molecule has 0 aromatic heterocycles. The quantitative estimate of drug-likeness (QED) is 0.359. The number of benzene rings is 1. The molecule has 3 heterocycles. The topological polar surface area (TPSA) is 129 Å². The van der Waals surface area contributed by atoms with Crippen LogP contribution in [0.2, 0.25) is 0 Å². The van der Waals surface area contributed by atoms with Crippen molar-refractivity contribution in [1.82, 2.24) is 14.7 Å². The van der Waals surface area contributed by atoms with E-state index in [-0.39, 0.29) is 31.8 Å². The molecular formula is C28H41N3O8. The molecule has 2 saturated heterocycles. The Morgan fingerprint density at radius 3 is 2.67 bits per heavy atom. The molecule has 3 aliphatic rings. The molecule has 0 saturated carbocycles. The molecule has 3 unspecified atom stereocenters. The number of aliphatic hydroxyl groups is 1. The van der Waals surface area contributed by atoms with E-state index in [2.05, 4.69) is 6.92 Å². The molecule has 2 N–H and O–H groups in total. The zero-order valence-electron chi connectivity index (χ0n) is 23.0. The first-order valence-corrected chi connectivity index (χ1v) is 14.0. The number of unbranched alkanes of at least 4 members (excludes halogenated alkanes) is 1. The number of aliphatic carboxylic acids is 1. The lowest BCUT2D eigenvalue weighted by Gasteiger charge is -2.30. The average Bonchev–Trinajstić information content (AvgIpc) is 3.65. The normalized spacial score (nSPS) is 22.5. The Labute approximate surface area is 229 Å². The smallest absolute Gasteiger partial charge is 0.308 e. The first-order chi connectivity index (χ1) is 18.9. The summed E-state index contributed by atoms with van der Waals surface area (Å²) in [6.45, 7) is 4.77. The maximum Gasteiger partial charge on any atom is 0.308 e. The minimum atomic E-state index is -0.938. The summed E-state index contributed by atoms with van der Waals surface area (Å²) in [6, 6.07) is 3.18. The number of fused-ring (bicyclic) bond motifs is 1. The highest BCUT2D eigenvalue weighted by Crippen LogP contribution is 2.47. The number of carboxylic acids is 1. The van der Waals surface area contributed by atoms with Gasteiger partial charge in [0.25, 0.3) is 0 Å². The van der Waals surface area contributed by atoms with Crippen LogP contribution in [0.25, 0.3) is 0 Å². The zero-order valence-corrected chi connectivity index (χ0v) is 23.0. The lowest BCUT2D eigenvalue weighted by Crippen LogP contribution is -2.46. The second-order valence-electron chi connectivity index (χ2n) is 10.5. The van der Waals surface area contributed by atoms with E-state index in [9.17, 15) is 24.6 Å². The van der Waals surface area contributed by atoms with Gasteiger partial charge in [-0.2, -0.15) is 0 Å². The maximum atomic E-state index is 13.5. The molecule has 11 heteroatoms. The summed E-state index contributed by atoms with van der Waals surface area (Å²) in [5.41, 5.74) is 0.754. The van der Waals surface area contributed by atoms with E-state index >= 15 is 0 Å². The van der Waals surface area contributed by atoms with Crippen molar-refractivity contribution in [3.8, 4) is 17.2 Å². The number of nitrogens with zero attached hydrogens (tertiary/aromatic N) is 3. The molecule has 11 nitrogen and oxygen atoms in total. The van der Waals surface area contributed by atoms with Crippen LogP contribution in [0, 0.1) is 5.92 Å². The van der Waals surface area contributed by atoms with Gasteiger partial charge < -0.3 is 34.2 Å². The predicted molar refractivity (Wildman–Crippen MR) is 142 cm³/mol. The van der Waals surface area contributed by atoms with Crippen LogP contribution in [0.5, 0.6) is 17.2 Å². The predicted octanol–water partition coefficient (Wildman–Crippen LogP) is 1.92. The van der Waals surface area contributed by atoms with E-state index in [0.29, 0.717) is 69.2 Å². The van der Waals surface area contributed by atoms with Crippen LogP contribution in [0.1, 0.15) is 56.9 Å². The Bertz CT molecular complexity index is 1030. The lowest BCUT2D eigenvalue weighted by molar-refractivity contribution is -0.144. The third-order valence-corrected chi connectivity index (χ3v) is 8.07. The number of carboxylic acid groups (broad SMARTS) is 1. The number of hydrogen-bond donors (Lipinski definition) is 2. The van der Waals surface area contributed by atoms with Gasteiger partial charge >= 0.3 is 5.97 Å². The summed E-state index contributed by atoms with van der Waals surface area (Å²) in [7, 11) is 1.53. The van der Waals surface area contributed by atoms with Crippen LogP contribution in [-0.2, 0) is 14.4 Å². The van der Waals surface area contributed by atoms with Crippen molar-refractivity contribution in [3.63, 3.8) is 0 Å². The molecule has 0 aliphatic carbocycles. The number of carbonyl (C=O) groups excluding carboxylic acids is 2. The van der Waals surface area contributed by atoms with Crippen molar-refractivity contribution in [1.29, 1.82) is 0 Å².